The molecule has 1 unspecified atom stereocenters. The number of carbonyl (C=O) groups excluding carboxylic acids is 3. The van der Waals surface area contributed by atoms with Gasteiger partial charge in [0, 0.05) is 44.4 Å². The number of benzene rings is 1. The maximum Gasteiger partial charge on any atom is 0.255 e. The summed E-state index contributed by atoms with van der Waals surface area (Å²) in [6.07, 6.45) is 2.40. The highest BCUT2D eigenvalue weighted by Gasteiger charge is 2.39. The molecule has 3 amide bonds. The number of nitrogens with one attached hydrogen (secondary N) is 2. The molecule has 8 nitrogen and oxygen atoms in total. The molecule has 0 aliphatic carbocycles. The number of aromatic nitrogens is 1. The van der Waals surface area contributed by atoms with Crippen LogP contribution in [-0.4, -0.2) is 46.7 Å². The fourth-order valence-corrected chi connectivity index (χ4v) is 4.39. The minimum absolute atomic E-state index is 0.140. The summed E-state index contributed by atoms with van der Waals surface area (Å²) in [5.41, 5.74) is 3.73. The number of pyridine rings is 1. The van der Waals surface area contributed by atoms with Gasteiger partial charge in [0.05, 0.1) is 5.69 Å². The summed E-state index contributed by atoms with van der Waals surface area (Å²) in [4.78, 5) is 45.0. The number of rotatable bonds is 3. The summed E-state index contributed by atoms with van der Waals surface area (Å²) in [6, 6.07) is 9.12. The van der Waals surface area contributed by atoms with Crippen LogP contribution in [0, 0.1) is 0 Å². The van der Waals surface area contributed by atoms with E-state index in [1.54, 1.807) is 11.1 Å². The van der Waals surface area contributed by atoms with Crippen LogP contribution in [0.3, 0.4) is 0 Å². The highest BCUT2D eigenvalue weighted by Crippen LogP contribution is 2.33. The molecule has 1 aromatic heterocycles. The van der Waals surface area contributed by atoms with Gasteiger partial charge in [0.1, 0.15) is 11.9 Å². The van der Waals surface area contributed by atoms with Crippen LogP contribution in [0.15, 0.2) is 36.5 Å². The molecule has 29 heavy (non-hydrogen) atoms. The third-order valence-electron chi connectivity index (χ3n) is 5.84. The lowest BCUT2D eigenvalue weighted by Gasteiger charge is -2.32. The molecule has 3 aliphatic rings. The standard InChI is InChI=1S/C21H21N5O3/c27-18-7-6-17(20(28)24-18)26-12-15-13(3-1-4-14(15)21(26)29)11-25-10-9-23-19-16(25)5-2-8-22-19/h1-5,8,17H,6-7,9-12H2,(H,22,23)(H,24,27,28). The van der Waals surface area contributed by atoms with E-state index in [4.69, 9.17) is 0 Å². The number of piperidine rings is 1. The third-order valence-corrected chi connectivity index (χ3v) is 5.84. The first-order valence-electron chi connectivity index (χ1n) is 9.81. The minimum atomic E-state index is -0.593. The molecule has 5 rings (SSSR count). The Hall–Kier alpha value is -3.42. The maximum atomic E-state index is 13.0. The smallest absolute Gasteiger partial charge is 0.255 e. The molecular formula is C21H21N5O3. The lowest BCUT2D eigenvalue weighted by Crippen LogP contribution is -2.52. The number of fused-ring (bicyclic) bond motifs is 2. The van der Waals surface area contributed by atoms with E-state index in [1.807, 2.05) is 30.3 Å². The van der Waals surface area contributed by atoms with Gasteiger partial charge in [0.2, 0.25) is 11.8 Å². The van der Waals surface area contributed by atoms with Crippen molar-refractivity contribution in [1.29, 1.82) is 0 Å². The molecule has 0 radical (unpaired) electrons. The molecule has 0 spiro atoms. The Morgan fingerprint density at radius 3 is 2.90 bits per heavy atom. The van der Waals surface area contributed by atoms with Crippen LogP contribution < -0.4 is 15.5 Å². The number of nitrogens with zero attached hydrogens (tertiary/aromatic N) is 3. The largest absolute Gasteiger partial charge is 0.367 e. The van der Waals surface area contributed by atoms with Crippen LogP contribution in [0.1, 0.15) is 34.3 Å². The summed E-state index contributed by atoms with van der Waals surface area (Å²) in [5, 5.41) is 5.66. The lowest BCUT2D eigenvalue weighted by molar-refractivity contribution is -0.136. The van der Waals surface area contributed by atoms with Crippen molar-refractivity contribution in [1.82, 2.24) is 15.2 Å². The normalized spacial score (nSPS) is 20.8. The Labute approximate surface area is 167 Å². The van der Waals surface area contributed by atoms with Gasteiger partial charge in [0.15, 0.2) is 0 Å². The summed E-state index contributed by atoms with van der Waals surface area (Å²) >= 11 is 0. The summed E-state index contributed by atoms with van der Waals surface area (Å²) < 4.78 is 0. The topological polar surface area (TPSA) is 94.6 Å². The molecule has 2 N–H and O–H groups in total. The molecule has 1 aromatic carbocycles. The van der Waals surface area contributed by atoms with Gasteiger partial charge in [-0.15, -0.1) is 0 Å². The van der Waals surface area contributed by atoms with E-state index >= 15 is 0 Å². The fourth-order valence-electron chi connectivity index (χ4n) is 4.39. The predicted octanol–water partition coefficient (Wildman–Crippen LogP) is 1.27. The summed E-state index contributed by atoms with van der Waals surface area (Å²) in [6.45, 7) is 2.70. The van der Waals surface area contributed by atoms with Crippen LogP contribution in [0.2, 0.25) is 0 Å². The van der Waals surface area contributed by atoms with E-state index in [0.717, 1.165) is 35.7 Å². The molecule has 8 heteroatoms. The number of anilines is 2. The second kappa shape index (κ2) is 6.88. The van der Waals surface area contributed by atoms with Gasteiger partial charge in [-0.05, 0) is 35.7 Å². The fraction of sp³-hybridized carbons (Fsp3) is 0.333. The van der Waals surface area contributed by atoms with E-state index < -0.39 is 6.04 Å². The molecule has 1 fully saturated rings. The number of imide groups is 1. The van der Waals surface area contributed by atoms with E-state index in [-0.39, 0.29) is 24.1 Å². The first kappa shape index (κ1) is 17.7. The van der Waals surface area contributed by atoms with Crippen molar-refractivity contribution in [3.63, 3.8) is 0 Å². The number of hydrogen-bond acceptors (Lipinski definition) is 6. The Bertz CT molecular complexity index is 1020. The zero-order valence-electron chi connectivity index (χ0n) is 15.9. The van der Waals surface area contributed by atoms with Gasteiger partial charge in [0.25, 0.3) is 5.91 Å². The lowest BCUT2D eigenvalue weighted by atomic mass is 10.0. The van der Waals surface area contributed by atoms with Crippen LogP contribution in [0.4, 0.5) is 11.5 Å². The molecule has 1 atom stereocenters. The second-order valence-electron chi connectivity index (χ2n) is 7.56. The molecule has 0 saturated carbocycles. The summed E-state index contributed by atoms with van der Waals surface area (Å²) in [5.74, 6) is 0.0689. The monoisotopic (exact) mass is 391 g/mol. The number of carbonyl (C=O) groups is 3. The summed E-state index contributed by atoms with van der Waals surface area (Å²) in [7, 11) is 0. The molecule has 4 heterocycles. The van der Waals surface area contributed by atoms with Gasteiger partial charge < -0.3 is 15.1 Å². The van der Waals surface area contributed by atoms with Gasteiger partial charge in [-0.25, -0.2) is 4.98 Å². The average molecular weight is 391 g/mol. The van der Waals surface area contributed by atoms with Crippen molar-refractivity contribution >= 4 is 29.2 Å². The zero-order valence-corrected chi connectivity index (χ0v) is 15.9. The van der Waals surface area contributed by atoms with Crippen LogP contribution >= 0.6 is 0 Å². The quantitative estimate of drug-likeness (QED) is 0.766. The molecule has 3 aliphatic heterocycles. The van der Waals surface area contributed by atoms with E-state index in [2.05, 4.69) is 20.5 Å². The van der Waals surface area contributed by atoms with E-state index in [9.17, 15) is 14.4 Å². The van der Waals surface area contributed by atoms with Crippen molar-refractivity contribution in [3.8, 4) is 0 Å². The van der Waals surface area contributed by atoms with Crippen LogP contribution in [0.25, 0.3) is 0 Å². The molecular weight excluding hydrogens is 370 g/mol. The SMILES string of the molecule is O=C1CCC(N2Cc3c(CN4CCNc5ncccc54)cccc3C2=O)C(=O)N1. The van der Waals surface area contributed by atoms with E-state index in [1.165, 1.54) is 0 Å². The first-order valence-corrected chi connectivity index (χ1v) is 9.81. The third kappa shape index (κ3) is 3.00. The van der Waals surface area contributed by atoms with Gasteiger partial charge in [-0.2, -0.15) is 0 Å². The minimum Gasteiger partial charge on any atom is -0.367 e. The zero-order chi connectivity index (χ0) is 20.0. The maximum absolute atomic E-state index is 13.0. The van der Waals surface area contributed by atoms with Crippen LogP contribution in [0.5, 0.6) is 0 Å². The molecule has 2 aromatic rings. The van der Waals surface area contributed by atoms with Gasteiger partial charge in [-0.1, -0.05) is 12.1 Å². The Kier molecular flexibility index (Phi) is 4.19. The Morgan fingerprint density at radius 1 is 1.14 bits per heavy atom. The van der Waals surface area contributed by atoms with E-state index in [0.29, 0.717) is 25.1 Å². The highest BCUT2D eigenvalue weighted by atomic mass is 16.2. The molecule has 1 saturated heterocycles. The second-order valence-corrected chi connectivity index (χ2v) is 7.56. The Balaban J connectivity index is 1.42. The van der Waals surface area contributed by atoms with Crippen molar-refractivity contribution < 1.29 is 14.4 Å². The Morgan fingerprint density at radius 2 is 2.03 bits per heavy atom. The van der Waals surface area contributed by atoms with Crippen molar-refractivity contribution in [3.05, 3.63) is 53.2 Å². The van der Waals surface area contributed by atoms with Crippen LogP contribution in [-0.2, 0) is 22.7 Å². The predicted molar refractivity (Wildman–Crippen MR) is 106 cm³/mol. The molecule has 148 valence electrons. The van der Waals surface area contributed by atoms with Crippen molar-refractivity contribution in [2.75, 3.05) is 23.3 Å². The van der Waals surface area contributed by atoms with Crippen molar-refractivity contribution in [2.45, 2.75) is 32.0 Å². The average Bonchev–Trinajstić information content (AvgIpc) is 3.06. The first-order chi connectivity index (χ1) is 14.1. The highest BCUT2D eigenvalue weighted by molar-refractivity contribution is 6.05. The number of hydrogen-bond donors (Lipinski definition) is 2. The number of amides is 3. The molecule has 0 bridgehead atoms. The van der Waals surface area contributed by atoms with Gasteiger partial charge >= 0.3 is 0 Å². The van der Waals surface area contributed by atoms with Gasteiger partial charge in [-0.3, -0.25) is 19.7 Å². The van der Waals surface area contributed by atoms with Crippen molar-refractivity contribution in [2.24, 2.45) is 0 Å².